The van der Waals surface area contributed by atoms with Crippen molar-refractivity contribution in [3.63, 3.8) is 0 Å². The number of hydrogen-bond acceptors (Lipinski definition) is 4. The summed E-state index contributed by atoms with van der Waals surface area (Å²) in [5, 5.41) is 6.83. The van der Waals surface area contributed by atoms with Crippen LogP contribution in [0.2, 0.25) is 0 Å². The van der Waals surface area contributed by atoms with Crippen LogP contribution in [0.4, 0.5) is 0 Å². The number of benzene rings is 4. The SMILES string of the molecule is O=C(NC1CCC(CC2CCC(NC(=O)C3c4ccccc4Oc4ccccc43)CC2)CC1)C1c2ccccc2Oc2ccccc21. The Balaban J connectivity index is 0.822. The molecule has 0 atom stereocenters. The number of carbonyl (C=O) groups is 2. The smallest absolute Gasteiger partial charge is 0.232 e. The molecule has 0 aromatic heterocycles. The highest BCUT2D eigenvalue weighted by Crippen LogP contribution is 2.46. The van der Waals surface area contributed by atoms with Gasteiger partial charge in [0.1, 0.15) is 23.0 Å². The molecule has 0 radical (unpaired) electrons. The predicted octanol–water partition coefficient (Wildman–Crippen LogP) is 8.60. The molecule has 0 unspecified atom stereocenters. The van der Waals surface area contributed by atoms with Crippen molar-refractivity contribution < 1.29 is 19.1 Å². The maximum atomic E-state index is 13.7. The first-order valence-electron chi connectivity index (χ1n) is 17.4. The van der Waals surface area contributed by atoms with Gasteiger partial charge in [-0.15, -0.1) is 0 Å². The second-order valence-corrected chi connectivity index (χ2v) is 13.9. The van der Waals surface area contributed by atoms with E-state index in [0.717, 1.165) is 96.6 Å². The monoisotopic (exact) mass is 626 g/mol. The number of fused-ring (bicyclic) bond motifs is 4. The third-order valence-corrected chi connectivity index (χ3v) is 10.9. The van der Waals surface area contributed by atoms with Gasteiger partial charge in [-0.1, -0.05) is 72.8 Å². The van der Waals surface area contributed by atoms with Crippen LogP contribution in [0.3, 0.4) is 0 Å². The van der Waals surface area contributed by atoms with Crippen LogP contribution < -0.4 is 20.1 Å². The minimum Gasteiger partial charge on any atom is -0.457 e. The zero-order valence-corrected chi connectivity index (χ0v) is 26.7. The van der Waals surface area contributed by atoms with Gasteiger partial charge in [-0.25, -0.2) is 0 Å². The van der Waals surface area contributed by atoms with Crippen LogP contribution in [0.15, 0.2) is 97.1 Å². The predicted molar refractivity (Wildman–Crippen MR) is 182 cm³/mol. The van der Waals surface area contributed by atoms with Crippen LogP contribution in [0.1, 0.15) is 91.9 Å². The van der Waals surface area contributed by atoms with Gasteiger partial charge in [-0.3, -0.25) is 9.59 Å². The molecular weight excluding hydrogens is 584 g/mol. The quantitative estimate of drug-likeness (QED) is 0.225. The molecule has 2 aliphatic carbocycles. The van der Waals surface area contributed by atoms with E-state index in [9.17, 15) is 9.59 Å². The van der Waals surface area contributed by atoms with Gasteiger partial charge in [-0.2, -0.15) is 0 Å². The molecule has 2 heterocycles. The molecule has 2 amide bonds. The van der Waals surface area contributed by atoms with Crippen molar-refractivity contribution in [2.24, 2.45) is 11.8 Å². The second-order valence-electron chi connectivity index (χ2n) is 13.9. The topological polar surface area (TPSA) is 76.7 Å². The molecule has 4 aliphatic rings. The van der Waals surface area contributed by atoms with Gasteiger partial charge in [0.15, 0.2) is 0 Å². The third-order valence-electron chi connectivity index (χ3n) is 10.9. The van der Waals surface area contributed by atoms with Gasteiger partial charge in [0.25, 0.3) is 0 Å². The van der Waals surface area contributed by atoms with Crippen molar-refractivity contribution in [1.82, 2.24) is 10.6 Å². The molecule has 4 aromatic rings. The minimum absolute atomic E-state index is 0.0738. The number of carbonyl (C=O) groups excluding carboxylic acids is 2. The first-order chi connectivity index (χ1) is 23.1. The third kappa shape index (κ3) is 6.02. The normalized spacial score (nSPS) is 23.5. The first-order valence-corrected chi connectivity index (χ1v) is 17.4. The average molecular weight is 627 g/mol. The van der Waals surface area contributed by atoms with Crippen LogP contribution in [-0.2, 0) is 9.59 Å². The summed E-state index contributed by atoms with van der Waals surface area (Å²) in [4.78, 5) is 27.4. The lowest BCUT2D eigenvalue weighted by molar-refractivity contribution is -0.123. The van der Waals surface area contributed by atoms with E-state index in [2.05, 4.69) is 10.6 Å². The maximum absolute atomic E-state index is 13.7. The van der Waals surface area contributed by atoms with Crippen LogP contribution in [0, 0.1) is 11.8 Å². The standard InChI is InChI=1S/C41H42N2O4/c44-40(38-30-9-1-5-13-34(30)46-35-14-6-2-10-31(35)38)42-28-21-17-26(18-22-28)25-27-19-23-29(24-20-27)43-41(45)39-32-11-3-7-15-36(32)47-37-16-8-4-12-33(37)39/h1-16,26-29,38-39H,17-25H2,(H,42,44)(H,43,45). The van der Waals surface area contributed by atoms with E-state index in [1.807, 2.05) is 97.1 Å². The second kappa shape index (κ2) is 12.9. The van der Waals surface area contributed by atoms with Gasteiger partial charge >= 0.3 is 0 Å². The summed E-state index contributed by atoms with van der Waals surface area (Å²) < 4.78 is 12.2. The molecule has 2 fully saturated rings. The lowest BCUT2D eigenvalue weighted by atomic mass is 9.75. The Morgan fingerprint density at radius 3 is 1.09 bits per heavy atom. The molecule has 4 aromatic carbocycles. The molecule has 0 saturated heterocycles. The maximum Gasteiger partial charge on any atom is 0.232 e. The van der Waals surface area contributed by atoms with E-state index >= 15 is 0 Å². The summed E-state index contributed by atoms with van der Waals surface area (Å²) in [6.07, 6.45) is 10.0. The number of ether oxygens (including phenoxy) is 2. The molecule has 0 bridgehead atoms. The highest BCUT2D eigenvalue weighted by molar-refractivity contribution is 5.90. The van der Waals surface area contributed by atoms with Crippen molar-refractivity contribution in [1.29, 1.82) is 0 Å². The van der Waals surface area contributed by atoms with Crippen molar-refractivity contribution in [3.8, 4) is 23.0 Å². The van der Waals surface area contributed by atoms with Gasteiger partial charge in [0.2, 0.25) is 11.8 Å². The summed E-state index contributed by atoms with van der Waals surface area (Å²) in [6.45, 7) is 0. The van der Waals surface area contributed by atoms with E-state index < -0.39 is 0 Å². The Morgan fingerprint density at radius 1 is 0.468 bits per heavy atom. The zero-order valence-electron chi connectivity index (χ0n) is 26.7. The van der Waals surface area contributed by atoms with E-state index in [-0.39, 0.29) is 35.7 Å². The molecule has 2 N–H and O–H groups in total. The van der Waals surface area contributed by atoms with E-state index in [1.165, 1.54) is 6.42 Å². The van der Waals surface area contributed by atoms with Gasteiger partial charge < -0.3 is 20.1 Å². The lowest BCUT2D eigenvalue weighted by Crippen LogP contribution is -2.42. The van der Waals surface area contributed by atoms with E-state index in [4.69, 9.17) is 9.47 Å². The summed E-state index contributed by atoms with van der Waals surface area (Å²) in [5.74, 6) is 3.94. The van der Waals surface area contributed by atoms with Crippen molar-refractivity contribution in [2.75, 3.05) is 0 Å². The summed E-state index contributed by atoms with van der Waals surface area (Å²) in [6, 6.07) is 32.0. The van der Waals surface area contributed by atoms with Crippen molar-refractivity contribution in [3.05, 3.63) is 119 Å². The highest BCUT2D eigenvalue weighted by Gasteiger charge is 2.36. The number of nitrogens with one attached hydrogen (secondary N) is 2. The number of rotatable bonds is 6. The molecule has 240 valence electrons. The molecule has 2 aliphatic heterocycles. The van der Waals surface area contributed by atoms with E-state index in [0.29, 0.717) is 11.8 Å². The largest absolute Gasteiger partial charge is 0.457 e. The molecule has 6 nitrogen and oxygen atoms in total. The average Bonchev–Trinajstić information content (AvgIpc) is 3.11. The Hall–Kier alpha value is -4.58. The molecule has 8 rings (SSSR count). The van der Waals surface area contributed by atoms with Gasteiger partial charge in [0.05, 0.1) is 11.8 Å². The summed E-state index contributed by atoms with van der Waals surface area (Å²) >= 11 is 0. The fourth-order valence-electron chi connectivity index (χ4n) is 8.51. The lowest BCUT2D eigenvalue weighted by Gasteiger charge is -2.36. The fourth-order valence-corrected chi connectivity index (χ4v) is 8.51. The number of para-hydroxylation sites is 4. The van der Waals surface area contributed by atoms with E-state index in [1.54, 1.807) is 0 Å². The van der Waals surface area contributed by atoms with Gasteiger partial charge in [0, 0.05) is 34.3 Å². The molecular formula is C41H42N2O4. The van der Waals surface area contributed by atoms with Crippen molar-refractivity contribution >= 4 is 11.8 Å². The Labute approximate surface area is 276 Å². The summed E-state index contributed by atoms with van der Waals surface area (Å²) in [7, 11) is 0. The summed E-state index contributed by atoms with van der Waals surface area (Å²) in [5.41, 5.74) is 3.75. The molecule has 2 saturated carbocycles. The minimum atomic E-state index is -0.347. The Kier molecular flexibility index (Phi) is 8.18. The van der Waals surface area contributed by atoms with Gasteiger partial charge in [-0.05, 0) is 93.9 Å². The molecule has 47 heavy (non-hydrogen) atoms. The van der Waals surface area contributed by atoms with Crippen LogP contribution in [0.25, 0.3) is 0 Å². The van der Waals surface area contributed by atoms with Crippen molar-refractivity contribution in [2.45, 2.75) is 81.7 Å². The Bertz CT molecular complexity index is 1550. The molecule has 6 heteroatoms. The Morgan fingerprint density at radius 2 is 0.766 bits per heavy atom. The van der Waals surface area contributed by atoms with Crippen LogP contribution in [0.5, 0.6) is 23.0 Å². The molecule has 0 spiro atoms. The van der Waals surface area contributed by atoms with Crippen LogP contribution in [-0.4, -0.2) is 23.9 Å². The first kappa shape index (κ1) is 29.8. The highest BCUT2D eigenvalue weighted by atomic mass is 16.5. The fraction of sp³-hybridized carbons (Fsp3) is 0.366. The zero-order chi connectivity index (χ0) is 31.7. The van der Waals surface area contributed by atoms with Crippen LogP contribution >= 0.6 is 0 Å². The number of hydrogen-bond donors (Lipinski definition) is 2. The number of amides is 2.